The lowest BCUT2D eigenvalue weighted by atomic mass is 10.3. The number of nitriles is 1. The van der Waals surface area contributed by atoms with Gasteiger partial charge in [0.2, 0.25) is 11.0 Å². The van der Waals surface area contributed by atoms with Gasteiger partial charge in [-0.15, -0.1) is 10.2 Å². The molecule has 0 saturated carbocycles. The number of rotatable bonds is 6. The maximum absolute atomic E-state index is 11.9. The van der Waals surface area contributed by atoms with Crippen LogP contribution in [0.5, 0.6) is 0 Å². The third-order valence-corrected chi connectivity index (χ3v) is 5.33. The van der Waals surface area contributed by atoms with Crippen molar-refractivity contribution in [3.8, 4) is 6.07 Å². The number of hydrogen-bond acceptors (Lipinski definition) is 8. The lowest BCUT2D eigenvalue weighted by Crippen LogP contribution is -2.13. The number of aromatic nitrogens is 4. The highest BCUT2D eigenvalue weighted by molar-refractivity contribution is 8.01. The summed E-state index contributed by atoms with van der Waals surface area (Å²) in [6.45, 7) is 0. The smallest absolute Gasteiger partial charge is 0.236 e. The number of para-hydroxylation sites is 2. The molecule has 0 aliphatic heterocycles. The van der Waals surface area contributed by atoms with E-state index in [4.69, 9.17) is 5.26 Å². The van der Waals surface area contributed by atoms with Crippen LogP contribution in [0.25, 0.3) is 11.0 Å². The lowest BCUT2D eigenvalue weighted by Gasteiger charge is -1.98. The summed E-state index contributed by atoms with van der Waals surface area (Å²) in [5.41, 5.74) is 1.82. The van der Waals surface area contributed by atoms with E-state index in [0.717, 1.165) is 11.0 Å². The van der Waals surface area contributed by atoms with Crippen molar-refractivity contribution < 1.29 is 4.79 Å². The Morgan fingerprint density at radius 1 is 1.35 bits per heavy atom. The van der Waals surface area contributed by atoms with Crippen LogP contribution in [-0.2, 0) is 4.79 Å². The Morgan fingerprint density at radius 2 is 2.22 bits per heavy atom. The number of H-pyrrole nitrogens is 1. The highest BCUT2D eigenvalue weighted by Crippen LogP contribution is 2.25. The van der Waals surface area contributed by atoms with Crippen LogP contribution in [0.3, 0.4) is 0 Å². The molecule has 0 radical (unpaired) electrons. The highest BCUT2D eigenvalue weighted by atomic mass is 32.2. The average molecular weight is 362 g/mol. The molecule has 0 aliphatic carbocycles. The molecule has 3 aromatic rings. The van der Waals surface area contributed by atoms with Gasteiger partial charge in [-0.25, -0.2) is 4.98 Å². The van der Waals surface area contributed by atoms with Crippen molar-refractivity contribution in [2.24, 2.45) is 0 Å². The summed E-state index contributed by atoms with van der Waals surface area (Å²) in [5, 5.41) is 20.1. The first kappa shape index (κ1) is 15.8. The van der Waals surface area contributed by atoms with Gasteiger partial charge < -0.3 is 4.98 Å². The number of carbonyl (C=O) groups is 1. The van der Waals surface area contributed by atoms with Gasteiger partial charge in [-0.3, -0.25) is 10.1 Å². The number of anilines is 1. The molecule has 7 nitrogen and oxygen atoms in total. The van der Waals surface area contributed by atoms with Crippen molar-refractivity contribution in [1.82, 2.24) is 20.2 Å². The molecule has 10 heteroatoms. The summed E-state index contributed by atoms with van der Waals surface area (Å²) in [4.78, 5) is 19.5. The van der Waals surface area contributed by atoms with Crippen LogP contribution in [0.4, 0.5) is 5.13 Å². The molecule has 2 heterocycles. The molecule has 0 saturated heterocycles. The number of benzene rings is 1. The Balaban J connectivity index is 1.53. The van der Waals surface area contributed by atoms with E-state index in [0.29, 0.717) is 20.4 Å². The Morgan fingerprint density at radius 3 is 3.04 bits per heavy atom. The third kappa shape index (κ3) is 4.22. The molecule has 2 aromatic heterocycles. The predicted octanol–water partition coefficient (Wildman–Crippen LogP) is 2.76. The number of aromatic amines is 1. The topological polar surface area (TPSA) is 107 Å². The second-order valence-corrected chi connectivity index (χ2v) is 7.38. The van der Waals surface area contributed by atoms with Gasteiger partial charge in [-0.05, 0) is 12.1 Å². The summed E-state index contributed by atoms with van der Waals surface area (Å²) in [7, 11) is 0. The minimum absolute atomic E-state index is 0.177. The van der Waals surface area contributed by atoms with Crippen LogP contribution >= 0.6 is 34.9 Å². The minimum atomic E-state index is -0.177. The molecule has 0 fully saturated rings. The second-order valence-electron chi connectivity index (χ2n) is 4.22. The van der Waals surface area contributed by atoms with Gasteiger partial charge in [0, 0.05) is 0 Å². The van der Waals surface area contributed by atoms with E-state index in [1.807, 2.05) is 30.3 Å². The third-order valence-electron chi connectivity index (χ3n) is 2.62. The molecule has 2 N–H and O–H groups in total. The van der Waals surface area contributed by atoms with Crippen LogP contribution in [0.15, 0.2) is 33.8 Å². The number of thioether (sulfide) groups is 2. The number of nitrogens with one attached hydrogen (secondary N) is 2. The SMILES string of the molecule is N#CCSc1nnc(NC(=O)CSc2nc3ccccc3[nH]2)s1. The van der Waals surface area contributed by atoms with Crippen LogP contribution in [0, 0.1) is 11.3 Å². The number of hydrogen-bond donors (Lipinski definition) is 2. The van der Waals surface area contributed by atoms with Crippen LogP contribution in [0.1, 0.15) is 0 Å². The highest BCUT2D eigenvalue weighted by Gasteiger charge is 2.10. The Kier molecular flexibility index (Phi) is 5.12. The van der Waals surface area contributed by atoms with Crippen LogP contribution < -0.4 is 5.32 Å². The predicted molar refractivity (Wildman–Crippen MR) is 91.7 cm³/mol. The molecule has 3 rings (SSSR count). The number of nitrogens with zero attached hydrogens (tertiary/aromatic N) is 4. The molecule has 1 aromatic carbocycles. The number of carbonyl (C=O) groups excluding carboxylic acids is 1. The average Bonchev–Trinajstić information content (AvgIpc) is 3.17. The molecular formula is C13H10N6OS3. The number of amides is 1. The summed E-state index contributed by atoms with van der Waals surface area (Å²) in [6, 6.07) is 9.72. The summed E-state index contributed by atoms with van der Waals surface area (Å²) in [5.74, 6) is 0.355. The molecule has 0 spiro atoms. The fourth-order valence-electron chi connectivity index (χ4n) is 1.70. The van der Waals surface area contributed by atoms with Crippen molar-refractivity contribution in [2.75, 3.05) is 16.8 Å². The summed E-state index contributed by atoms with van der Waals surface area (Å²) < 4.78 is 0.659. The maximum atomic E-state index is 11.9. The molecular weight excluding hydrogens is 352 g/mol. The maximum Gasteiger partial charge on any atom is 0.236 e. The Hall–Kier alpha value is -2.09. The molecule has 23 heavy (non-hydrogen) atoms. The molecule has 0 aliphatic rings. The van der Waals surface area contributed by atoms with Crippen molar-refractivity contribution in [3.05, 3.63) is 24.3 Å². The number of imidazole rings is 1. The van der Waals surface area contributed by atoms with Gasteiger partial charge in [0.1, 0.15) is 0 Å². The van der Waals surface area contributed by atoms with E-state index >= 15 is 0 Å². The van der Waals surface area contributed by atoms with Gasteiger partial charge in [0.25, 0.3) is 0 Å². The zero-order valence-electron chi connectivity index (χ0n) is 11.6. The molecule has 0 unspecified atom stereocenters. The molecule has 1 amide bonds. The first-order valence-corrected chi connectivity index (χ1v) is 9.24. The zero-order chi connectivity index (χ0) is 16.1. The van der Waals surface area contributed by atoms with Crippen LogP contribution in [0.2, 0.25) is 0 Å². The fourth-order valence-corrected chi connectivity index (χ4v) is 3.81. The standard InChI is InChI=1S/C13H10N6OS3/c14-5-6-21-13-19-18-12(23-13)17-10(20)7-22-11-15-8-3-1-2-4-9(8)16-11/h1-4H,6-7H2,(H,15,16)(H,17,18,20). The lowest BCUT2D eigenvalue weighted by molar-refractivity contribution is -0.113. The van der Waals surface area contributed by atoms with E-state index in [1.165, 1.54) is 34.9 Å². The molecule has 0 bridgehead atoms. The van der Waals surface area contributed by atoms with Crippen LogP contribution in [-0.4, -0.2) is 37.6 Å². The quantitative estimate of drug-likeness (QED) is 0.513. The van der Waals surface area contributed by atoms with Crippen molar-refractivity contribution >= 4 is 56.9 Å². The molecule has 116 valence electrons. The summed E-state index contributed by atoms with van der Waals surface area (Å²) >= 11 is 3.87. The van der Waals surface area contributed by atoms with Crippen molar-refractivity contribution in [2.45, 2.75) is 9.50 Å². The Labute approximate surface area is 143 Å². The van der Waals surface area contributed by atoms with Gasteiger partial charge in [-0.1, -0.05) is 47.0 Å². The first-order chi connectivity index (χ1) is 11.2. The van der Waals surface area contributed by atoms with E-state index < -0.39 is 0 Å². The van der Waals surface area contributed by atoms with Gasteiger partial charge >= 0.3 is 0 Å². The first-order valence-electron chi connectivity index (χ1n) is 6.45. The van der Waals surface area contributed by atoms with E-state index in [1.54, 1.807) is 0 Å². The van der Waals surface area contributed by atoms with Gasteiger partial charge in [0.05, 0.1) is 28.6 Å². The second kappa shape index (κ2) is 7.45. The normalized spacial score (nSPS) is 10.6. The van der Waals surface area contributed by atoms with E-state index in [2.05, 4.69) is 25.5 Å². The molecule has 0 atom stereocenters. The van der Waals surface area contributed by atoms with Crippen molar-refractivity contribution in [3.63, 3.8) is 0 Å². The van der Waals surface area contributed by atoms with E-state index in [9.17, 15) is 4.79 Å². The van der Waals surface area contributed by atoms with Crippen molar-refractivity contribution in [1.29, 1.82) is 5.26 Å². The monoisotopic (exact) mass is 362 g/mol. The zero-order valence-corrected chi connectivity index (χ0v) is 14.1. The van der Waals surface area contributed by atoms with Gasteiger partial charge in [0.15, 0.2) is 9.50 Å². The summed E-state index contributed by atoms with van der Waals surface area (Å²) in [6.07, 6.45) is 0. The Bertz CT molecular complexity index is 835. The minimum Gasteiger partial charge on any atom is -0.333 e. The van der Waals surface area contributed by atoms with E-state index in [-0.39, 0.29) is 11.7 Å². The van der Waals surface area contributed by atoms with Gasteiger partial charge in [-0.2, -0.15) is 5.26 Å². The fraction of sp³-hybridized carbons (Fsp3) is 0.154. The largest absolute Gasteiger partial charge is 0.333 e. The number of fused-ring (bicyclic) bond motifs is 1.